The van der Waals surface area contributed by atoms with Crippen LogP contribution in [0.25, 0.3) is 0 Å². The molecule has 0 aliphatic heterocycles. The summed E-state index contributed by atoms with van der Waals surface area (Å²) in [5.41, 5.74) is 0. The fourth-order valence-electron chi connectivity index (χ4n) is 0.989. The van der Waals surface area contributed by atoms with Crippen molar-refractivity contribution in [1.82, 2.24) is 0 Å². The molecule has 0 saturated heterocycles. The predicted octanol–water partition coefficient (Wildman–Crippen LogP) is 3.27. The maximum atomic E-state index is 5.17. The Morgan fingerprint density at radius 2 is 1.14 bits per heavy atom. The van der Waals surface area contributed by atoms with E-state index in [0.29, 0.717) is 10.1 Å². The molecule has 0 aromatic carbocycles. The van der Waals surface area contributed by atoms with Gasteiger partial charge in [0.05, 0.1) is 13.2 Å². The zero-order chi connectivity index (χ0) is 10.8. The quantitative estimate of drug-likeness (QED) is 0.497. The van der Waals surface area contributed by atoms with Gasteiger partial charge in [-0.1, -0.05) is 0 Å². The fourth-order valence-corrected chi connectivity index (χ4v) is 1.16. The largest absolute Gasteiger partial charge is 0.487 e. The zero-order valence-corrected chi connectivity index (χ0v) is 10.5. The highest BCUT2D eigenvalue weighted by Gasteiger charge is 1.93. The Hall–Kier alpha value is -0.220. The topological polar surface area (TPSA) is 18.5 Å². The molecule has 2 nitrogen and oxygen atoms in total. The van der Waals surface area contributed by atoms with Crippen LogP contribution in [-0.2, 0) is 9.47 Å². The molecule has 0 aromatic heterocycles. The van der Waals surface area contributed by atoms with Crippen LogP contribution in [-0.4, -0.2) is 23.3 Å². The third kappa shape index (κ3) is 11.8. The fraction of sp³-hybridized carbons (Fsp3) is 0.800. The van der Waals surface area contributed by atoms with E-state index in [-0.39, 0.29) is 0 Å². The monoisotopic (exact) mass is 234 g/mol. The molecule has 0 bridgehead atoms. The first-order valence-electron chi connectivity index (χ1n) is 4.89. The highest BCUT2D eigenvalue weighted by molar-refractivity contribution is 7.80. The molecule has 0 N–H and O–H groups in total. The molecule has 0 spiro atoms. The molecule has 4 heteroatoms. The summed E-state index contributed by atoms with van der Waals surface area (Å²) in [5, 5.41) is 1.26. The van der Waals surface area contributed by atoms with Crippen LogP contribution in [0.2, 0.25) is 0 Å². The second-order valence-corrected chi connectivity index (χ2v) is 4.24. The van der Waals surface area contributed by atoms with E-state index >= 15 is 0 Å². The minimum atomic E-state index is 0.629. The Morgan fingerprint density at radius 3 is 1.43 bits per heavy atom. The zero-order valence-electron chi connectivity index (χ0n) is 8.88. The van der Waals surface area contributed by atoms with E-state index < -0.39 is 0 Å². The summed E-state index contributed by atoms with van der Waals surface area (Å²) in [6.07, 6.45) is 4.43. The van der Waals surface area contributed by atoms with Crippen LogP contribution >= 0.6 is 24.4 Å². The Kier molecular flexibility index (Phi) is 9.19. The van der Waals surface area contributed by atoms with E-state index in [2.05, 4.69) is 0 Å². The molecular weight excluding hydrogens is 216 g/mol. The van der Waals surface area contributed by atoms with Crippen LogP contribution in [0.4, 0.5) is 0 Å². The third-order valence-corrected chi connectivity index (χ3v) is 1.89. The Balaban J connectivity index is 2.99. The van der Waals surface area contributed by atoms with Crippen LogP contribution in [0.3, 0.4) is 0 Å². The first-order chi connectivity index (χ1) is 6.63. The molecule has 0 saturated carbocycles. The molecule has 0 aliphatic carbocycles. The van der Waals surface area contributed by atoms with Gasteiger partial charge in [0, 0.05) is 13.8 Å². The lowest BCUT2D eigenvalue weighted by Gasteiger charge is -2.04. The standard InChI is InChI=1S/C10H18O2S2/c1-9(13)11-7-5-3-4-6-8-12-10(2)14/h3-8H2,1-2H3. The summed E-state index contributed by atoms with van der Waals surface area (Å²) in [5.74, 6) is 0. The lowest BCUT2D eigenvalue weighted by atomic mass is 10.2. The van der Waals surface area contributed by atoms with E-state index in [1.165, 1.54) is 0 Å². The van der Waals surface area contributed by atoms with Crippen molar-refractivity contribution < 1.29 is 9.47 Å². The molecular formula is C10H18O2S2. The summed E-state index contributed by atoms with van der Waals surface area (Å²) in [4.78, 5) is 0. The van der Waals surface area contributed by atoms with Gasteiger partial charge in [-0.05, 0) is 50.1 Å². The molecule has 0 amide bonds. The van der Waals surface area contributed by atoms with Gasteiger partial charge in [-0.3, -0.25) is 0 Å². The number of hydrogen-bond acceptors (Lipinski definition) is 4. The number of ether oxygens (including phenoxy) is 2. The van der Waals surface area contributed by atoms with E-state index in [4.69, 9.17) is 33.9 Å². The summed E-state index contributed by atoms with van der Waals surface area (Å²) in [7, 11) is 0. The predicted molar refractivity (Wildman–Crippen MR) is 66.9 cm³/mol. The Morgan fingerprint density at radius 1 is 0.786 bits per heavy atom. The van der Waals surface area contributed by atoms with Crippen LogP contribution in [0.5, 0.6) is 0 Å². The number of unbranched alkanes of at least 4 members (excludes halogenated alkanes) is 3. The second-order valence-electron chi connectivity index (χ2n) is 3.09. The van der Waals surface area contributed by atoms with Gasteiger partial charge in [-0.2, -0.15) is 0 Å². The van der Waals surface area contributed by atoms with Gasteiger partial charge in [0.2, 0.25) is 0 Å². The minimum Gasteiger partial charge on any atom is -0.487 e. The average Bonchev–Trinajstić information content (AvgIpc) is 2.08. The van der Waals surface area contributed by atoms with Crippen molar-refractivity contribution in [2.45, 2.75) is 39.5 Å². The molecule has 0 aromatic rings. The van der Waals surface area contributed by atoms with Crippen molar-refractivity contribution in [1.29, 1.82) is 0 Å². The van der Waals surface area contributed by atoms with Gasteiger partial charge >= 0.3 is 0 Å². The summed E-state index contributed by atoms with van der Waals surface area (Å²) >= 11 is 9.57. The van der Waals surface area contributed by atoms with Crippen molar-refractivity contribution >= 4 is 34.5 Å². The van der Waals surface area contributed by atoms with Crippen LogP contribution in [0.15, 0.2) is 0 Å². The highest BCUT2D eigenvalue weighted by Crippen LogP contribution is 2.01. The van der Waals surface area contributed by atoms with E-state index in [0.717, 1.165) is 38.9 Å². The van der Waals surface area contributed by atoms with Crippen molar-refractivity contribution in [3.05, 3.63) is 0 Å². The SMILES string of the molecule is CC(=S)OCCCCCCOC(C)=S. The maximum Gasteiger partial charge on any atom is 0.156 e. The van der Waals surface area contributed by atoms with E-state index in [9.17, 15) is 0 Å². The van der Waals surface area contributed by atoms with Crippen molar-refractivity contribution in [2.75, 3.05) is 13.2 Å². The van der Waals surface area contributed by atoms with Crippen LogP contribution in [0.1, 0.15) is 39.5 Å². The first kappa shape index (κ1) is 13.8. The minimum absolute atomic E-state index is 0.629. The van der Waals surface area contributed by atoms with Gasteiger partial charge in [0.15, 0.2) is 10.1 Å². The summed E-state index contributed by atoms with van der Waals surface area (Å²) < 4.78 is 10.3. The van der Waals surface area contributed by atoms with Gasteiger partial charge in [-0.25, -0.2) is 0 Å². The molecule has 0 atom stereocenters. The Bertz CT molecular complexity index is 161. The summed E-state index contributed by atoms with van der Waals surface area (Å²) in [6, 6.07) is 0. The molecule has 14 heavy (non-hydrogen) atoms. The van der Waals surface area contributed by atoms with Crippen LogP contribution < -0.4 is 0 Å². The van der Waals surface area contributed by atoms with Gasteiger partial charge < -0.3 is 9.47 Å². The van der Waals surface area contributed by atoms with Crippen LogP contribution in [0, 0.1) is 0 Å². The molecule has 82 valence electrons. The average molecular weight is 234 g/mol. The summed E-state index contributed by atoms with van der Waals surface area (Å²) in [6.45, 7) is 5.07. The van der Waals surface area contributed by atoms with Crippen molar-refractivity contribution in [2.24, 2.45) is 0 Å². The number of rotatable bonds is 7. The van der Waals surface area contributed by atoms with Crippen molar-refractivity contribution in [3.8, 4) is 0 Å². The lowest BCUT2D eigenvalue weighted by Crippen LogP contribution is -2.00. The number of thiocarbonyl (C=S) groups is 2. The second kappa shape index (κ2) is 9.34. The highest BCUT2D eigenvalue weighted by atomic mass is 32.1. The van der Waals surface area contributed by atoms with Gasteiger partial charge in [0.25, 0.3) is 0 Å². The Labute approximate surface area is 97.0 Å². The normalized spacial score (nSPS) is 9.57. The van der Waals surface area contributed by atoms with Gasteiger partial charge in [-0.15, -0.1) is 0 Å². The van der Waals surface area contributed by atoms with Crippen molar-refractivity contribution in [3.63, 3.8) is 0 Å². The van der Waals surface area contributed by atoms with E-state index in [1.807, 2.05) is 0 Å². The third-order valence-electron chi connectivity index (χ3n) is 1.65. The molecule has 0 radical (unpaired) electrons. The lowest BCUT2D eigenvalue weighted by molar-refractivity contribution is 0.280. The first-order valence-corrected chi connectivity index (χ1v) is 5.71. The molecule has 0 rings (SSSR count). The maximum absolute atomic E-state index is 5.17. The molecule has 0 aliphatic rings. The molecule has 0 unspecified atom stereocenters. The molecule has 0 heterocycles. The molecule has 0 fully saturated rings. The number of hydrogen-bond donors (Lipinski definition) is 0. The van der Waals surface area contributed by atoms with Gasteiger partial charge in [0.1, 0.15) is 0 Å². The smallest absolute Gasteiger partial charge is 0.156 e. The van der Waals surface area contributed by atoms with E-state index in [1.54, 1.807) is 13.8 Å².